The maximum Gasteiger partial charge on any atom is 0.326 e. The van der Waals surface area contributed by atoms with Crippen LogP contribution in [0.2, 0.25) is 0 Å². The lowest BCUT2D eigenvalue weighted by Gasteiger charge is -2.29. The van der Waals surface area contributed by atoms with Crippen molar-refractivity contribution in [2.45, 2.75) is 142 Å². The molecule has 8 atom stereocenters. The molecule has 0 spiro atoms. The molecule has 0 radical (unpaired) electrons. The van der Waals surface area contributed by atoms with Gasteiger partial charge in [0.1, 0.15) is 48.0 Å². The van der Waals surface area contributed by atoms with Gasteiger partial charge in [-0.1, -0.05) is 102 Å². The van der Waals surface area contributed by atoms with E-state index in [1.54, 1.807) is 78.1 Å². The Hall–Kier alpha value is -7.81. The van der Waals surface area contributed by atoms with E-state index in [0.29, 0.717) is 11.1 Å². The summed E-state index contributed by atoms with van der Waals surface area (Å²) in [7, 11) is 0. The maximum absolute atomic E-state index is 14.4. The highest BCUT2D eigenvalue weighted by Gasteiger charge is 2.35. The van der Waals surface area contributed by atoms with Gasteiger partial charge in [-0.05, 0) is 85.3 Å². The lowest BCUT2D eigenvalue weighted by atomic mass is 9.98. The third-order valence-corrected chi connectivity index (χ3v) is 12.3. The summed E-state index contributed by atoms with van der Waals surface area (Å²) < 4.78 is 0. The Balaban J connectivity index is 1.52. The molecule has 1 heterocycles. The number of hydrogen-bond acceptors (Lipinski definition) is 11. The minimum absolute atomic E-state index is 0.0287. The van der Waals surface area contributed by atoms with E-state index in [4.69, 9.17) is 5.73 Å². The summed E-state index contributed by atoms with van der Waals surface area (Å²) in [4.78, 5) is 124. The molecule has 75 heavy (non-hydrogen) atoms. The highest BCUT2D eigenvalue weighted by atomic mass is 16.4. The highest BCUT2D eigenvalue weighted by molar-refractivity contribution is 5.98. The lowest BCUT2D eigenvalue weighted by Crippen LogP contribution is -2.61. The van der Waals surface area contributed by atoms with Crippen molar-refractivity contribution in [3.8, 4) is 5.75 Å². The van der Waals surface area contributed by atoms with Crippen molar-refractivity contribution in [1.82, 2.24) is 42.2 Å². The van der Waals surface area contributed by atoms with Crippen LogP contribution in [0, 0.1) is 17.8 Å². The van der Waals surface area contributed by atoms with Crippen molar-refractivity contribution < 1.29 is 58.5 Å². The number of carboxylic acids is 2. The molecule has 21 nitrogen and oxygen atoms in total. The monoisotopic (exact) mass is 1040 g/mol. The summed E-state index contributed by atoms with van der Waals surface area (Å²) in [5.74, 6) is -9.24. The first kappa shape index (κ1) is 59.8. The van der Waals surface area contributed by atoms with Crippen molar-refractivity contribution >= 4 is 64.2 Å². The summed E-state index contributed by atoms with van der Waals surface area (Å²) >= 11 is 0. The smallest absolute Gasteiger partial charge is 0.326 e. The van der Waals surface area contributed by atoms with Crippen molar-refractivity contribution in [2.75, 3.05) is 0 Å². The van der Waals surface area contributed by atoms with E-state index in [2.05, 4.69) is 42.2 Å². The van der Waals surface area contributed by atoms with E-state index in [-0.39, 0.29) is 49.7 Å². The first-order valence-corrected chi connectivity index (χ1v) is 25.1. The fourth-order valence-electron chi connectivity index (χ4n) is 8.25. The van der Waals surface area contributed by atoms with Gasteiger partial charge in [0, 0.05) is 36.4 Å². The molecule has 0 aliphatic rings. The maximum atomic E-state index is 14.4. The summed E-state index contributed by atoms with van der Waals surface area (Å²) in [5, 5.41) is 48.8. The second-order valence-corrected chi connectivity index (χ2v) is 20.0. The minimum Gasteiger partial charge on any atom is -0.508 e. The number of carbonyl (C=O) groups is 9. The number of rotatable bonds is 29. The number of carbonyl (C=O) groups excluding carboxylic acids is 7. The van der Waals surface area contributed by atoms with Gasteiger partial charge in [-0.25, -0.2) is 4.79 Å². The fourth-order valence-corrected chi connectivity index (χ4v) is 8.25. The number of aromatic amines is 1. The van der Waals surface area contributed by atoms with Gasteiger partial charge in [-0.2, -0.15) is 0 Å². The van der Waals surface area contributed by atoms with Gasteiger partial charge in [-0.15, -0.1) is 0 Å². The molecule has 0 fully saturated rings. The van der Waals surface area contributed by atoms with E-state index < -0.39 is 120 Å². The summed E-state index contributed by atoms with van der Waals surface area (Å²) in [5.41, 5.74) is 9.04. The topological polar surface area (TPSA) is 340 Å². The minimum atomic E-state index is -1.59. The van der Waals surface area contributed by atoms with Crippen molar-refractivity contribution in [1.29, 1.82) is 0 Å². The average Bonchev–Trinajstić information content (AvgIpc) is 3.75. The summed E-state index contributed by atoms with van der Waals surface area (Å²) in [6.07, 6.45) is 0.751. The zero-order chi connectivity index (χ0) is 55.5. The van der Waals surface area contributed by atoms with Crippen LogP contribution in [-0.2, 0) is 62.4 Å². The molecule has 4 aromatic rings. The summed E-state index contributed by atoms with van der Waals surface area (Å²) in [6.45, 7) is 11.9. The lowest BCUT2D eigenvalue weighted by molar-refractivity contribution is -0.142. The molecule has 21 heteroatoms. The number of phenols is 1. The third-order valence-electron chi connectivity index (χ3n) is 12.3. The Morgan fingerprint density at radius 1 is 0.520 bits per heavy atom. The average molecular weight is 1040 g/mol. The molecule has 0 aliphatic heterocycles. The van der Waals surface area contributed by atoms with E-state index in [1.807, 2.05) is 24.3 Å². The van der Waals surface area contributed by atoms with Crippen LogP contribution < -0.4 is 43.0 Å². The van der Waals surface area contributed by atoms with Crippen LogP contribution in [-0.4, -0.2) is 122 Å². The first-order chi connectivity index (χ1) is 35.4. The molecule has 0 aliphatic carbocycles. The number of carboxylic acid groups (broad SMARTS) is 2. The third kappa shape index (κ3) is 19.2. The molecular weight excluding hydrogens is 967 g/mol. The second kappa shape index (κ2) is 28.6. The number of amides is 7. The number of benzene rings is 3. The Morgan fingerprint density at radius 2 is 1.01 bits per heavy atom. The molecule has 13 N–H and O–H groups in total. The van der Waals surface area contributed by atoms with E-state index in [9.17, 15) is 58.5 Å². The van der Waals surface area contributed by atoms with Gasteiger partial charge in [0.05, 0.1) is 6.04 Å². The van der Waals surface area contributed by atoms with Crippen LogP contribution in [0.3, 0.4) is 0 Å². The Labute approximate surface area is 436 Å². The number of H-pyrrole nitrogens is 1. The van der Waals surface area contributed by atoms with Crippen LogP contribution >= 0.6 is 0 Å². The normalized spacial score (nSPS) is 14.5. The van der Waals surface area contributed by atoms with E-state index >= 15 is 0 Å². The molecule has 3 aromatic carbocycles. The van der Waals surface area contributed by atoms with Crippen molar-refractivity contribution in [2.24, 2.45) is 23.5 Å². The predicted octanol–water partition coefficient (Wildman–Crippen LogP) is 2.34. The van der Waals surface area contributed by atoms with E-state index in [0.717, 1.165) is 16.5 Å². The fraction of sp³-hybridized carbons (Fsp3) is 0.463. The molecule has 1 aromatic heterocycles. The van der Waals surface area contributed by atoms with Gasteiger partial charge in [0.25, 0.3) is 0 Å². The largest absolute Gasteiger partial charge is 0.508 e. The number of nitrogens with two attached hydrogens (primary N) is 1. The molecular formula is C54H73N9O12. The van der Waals surface area contributed by atoms with Gasteiger partial charge < -0.3 is 63.3 Å². The molecule has 0 saturated heterocycles. The first-order valence-electron chi connectivity index (χ1n) is 25.1. The number of aromatic hydroxyl groups is 1. The van der Waals surface area contributed by atoms with Gasteiger partial charge in [-0.3, -0.25) is 38.4 Å². The molecule has 406 valence electrons. The number of para-hydroxylation sites is 1. The number of aliphatic carboxylic acids is 2. The number of hydrogen-bond donors (Lipinski definition) is 12. The number of phenolic OH excluding ortho intramolecular Hbond substituents is 1. The molecule has 0 bridgehead atoms. The SMILES string of the molecule is CC(C)C[C@H](NC(=O)[C@H](CC(C)C)NC(=O)[C@H](CCC(=O)O)NC(=O)[C@H](Cc1ccc(O)cc1)NC(=O)[C@@H](NC(=O)[C@H](C)NC(=O)[C@@H](N)Cc1c[nH]c2ccccc12)C(C)C)C(=O)N[C@@H](Cc1ccccc1)C(=O)O. The van der Waals surface area contributed by atoms with Gasteiger partial charge in [0.2, 0.25) is 41.4 Å². The molecule has 4 rings (SSSR count). The zero-order valence-corrected chi connectivity index (χ0v) is 43.5. The Morgan fingerprint density at radius 3 is 1.57 bits per heavy atom. The van der Waals surface area contributed by atoms with Crippen LogP contribution in [0.5, 0.6) is 5.75 Å². The Kier molecular flexibility index (Phi) is 22.8. The van der Waals surface area contributed by atoms with Crippen molar-refractivity contribution in [3.05, 3.63) is 102 Å². The number of aromatic nitrogens is 1. The van der Waals surface area contributed by atoms with E-state index in [1.165, 1.54) is 31.2 Å². The van der Waals surface area contributed by atoms with Crippen LogP contribution in [0.4, 0.5) is 0 Å². The summed E-state index contributed by atoms with van der Waals surface area (Å²) in [6, 6.07) is 11.5. The van der Waals surface area contributed by atoms with Crippen LogP contribution in [0.25, 0.3) is 10.9 Å². The number of fused-ring (bicyclic) bond motifs is 1. The van der Waals surface area contributed by atoms with Gasteiger partial charge in [0.15, 0.2) is 0 Å². The Bertz CT molecular complexity index is 2600. The highest BCUT2D eigenvalue weighted by Crippen LogP contribution is 2.19. The zero-order valence-electron chi connectivity index (χ0n) is 43.5. The van der Waals surface area contributed by atoms with Crippen LogP contribution in [0.1, 0.15) is 90.8 Å². The number of nitrogens with one attached hydrogen (secondary N) is 8. The van der Waals surface area contributed by atoms with Crippen LogP contribution in [0.15, 0.2) is 85.1 Å². The quantitative estimate of drug-likeness (QED) is 0.0372. The standard InChI is InChI=1S/C54H73N9O12/c1-29(2)23-41(50(70)60-42(24-30(3)4)51(71)62-44(54(74)75)26-33-13-9-8-10-14-33)59-49(69)40(21-22-45(65)66)58-52(72)43(25-34-17-19-36(64)20-18-34)61-53(73)46(31(5)6)63-47(67)32(7)57-48(68)38(55)27-35-28-56-39-16-12-11-15-37(35)39/h8-20,28-32,38,40-44,46,56,64H,21-27,55H2,1-7H3,(H,57,68)(H,58,72)(H,59,69)(H,60,70)(H,61,73)(H,62,71)(H,63,67)(H,65,66)(H,74,75)/t32-,38-,40-,41-,42-,43-,44-,46-/m0/s1. The molecule has 0 unspecified atom stereocenters. The van der Waals surface area contributed by atoms with Gasteiger partial charge >= 0.3 is 11.9 Å². The van der Waals surface area contributed by atoms with Crippen molar-refractivity contribution in [3.63, 3.8) is 0 Å². The predicted molar refractivity (Wildman–Crippen MR) is 279 cm³/mol. The second-order valence-electron chi connectivity index (χ2n) is 20.0. The molecule has 7 amide bonds. The molecule has 0 saturated carbocycles.